The highest BCUT2D eigenvalue weighted by Crippen LogP contribution is 2.34. The van der Waals surface area contributed by atoms with E-state index >= 15 is 0 Å². The van der Waals surface area contributed by atoms with E-state index in [4.69, 9.17) is 5.73 Å². The van der Waals surface area contributed by atoms with Crippen LogP contribution in [-0.4, -0.2) is 20.3 Å². The molecule has 3 rings (SSSR count). The van der Waals surface area contributed by atoms with Gasteiger partial charge in [0.1, 0.15) is 5.82 Å². The van der Waals surface area contributed by atoms with Crippen molar-refractivity contribution in [2.24, 2.45) is 0 Å². The van der Waals surface area contributed by atoms with E-state index in [9.17, 15) is 0 Å². The van der Waals surface area contributed by atoms with E-state index in [-0.39, 0.29) is 0 Å². The third-order valence-electron chi connectivity index (χ3n) is 3.16. The molecule has 6 nitrogen and oxygen atoms in total. The molecule has 16 heavy (non-hydrogen) atoms. The van der Waals surface area contributed by atoms with Crippen LogP contribution in [0.3, 0.4) is 0 Å². The third-order valence-corrected chi connectivity index (χ3v) is 3.16. The Hall–Kier alpha value is -1.72. The topological polar surface area (TPSA) is 90.7 Å². The average Bonchev–Trinajstić information content (AvgIpc) is 2.76. The summed E-state index contributed by atoms with van der Waals surface area (Å²) in [5, 5.41) is 7.33. The fraction of sp³-hybridized carbons (Fsp3) is 0.600. The largest absolute Gasteiger partial charge is 0.382 e. The van der Waals surface area contributed by atoms with Crippen molar-refractivity contribution >= 4 is 17.1 Å². The highest BCUT2D eigenvalue weighted by atomic mass is 16.6. The van der Waals surface area contributed by atoms with Crippen LogP contribution in [0.2, 0.25) is 0 Å². The van der Waals surface area contributed by atoms with Gasteiger partial charge in [0.05, 0.1) is 5.69 Å². The first-order chi connectivity index (χ1) is 7.84. The van der Waals surface area contributed by atoms with Crippen LogP contribution in [-0.2, 0) is 0 Å². The predicted molar refractivity (Wildman–Crippen MR) is 57.6 cm³/mol. The van der Waals surface area contributed by atoms with Crippen LogP contribution in [0.5, 0.6) is 0 Å². The summed E-state index contributed by atoms with van der Waals surface area (Å²) < 4.78 is 4.58. The zero-order valence-electron chi connectivity index (χ0n) is 8.89. The fourth-order valence-corrected chi connectivity index (χ4v) is 2.34. The number of nitrogens with zero attached hydrogens (tertiary/aromatic N) is 4. The van der Waals surface area contributed by atoms with E-state index in [1.54, 1.807) is 0 Å². The maximum absolute atomic E-state index is 5.89. The van der Waals surface area contributed by atoms with Gasteiger partial charge in [0.2, 0.25) is 11.3 Å². The molecule has 2 N–H and O–H groups in total. The Morgan fingerprint density at radius 2 is 1.69 bits per heavy atom. The van der Waals surface area contributed by atoms with Gasteiger partial charge in [0.15, 0.2) is 0 Å². The van der Waals surface area contributed by atoms with Gasteiger partial charge in [-0.05, 0) is 23.2 Å². The van der Waals surface area contributed by atoms with Crippen LogP contribution >= 0.6 is 0 Å². The standard InChI is InChI=1S/C10H13N5O/c11-8-7(6-4-2-1-3-5-6)12-9-10(13-8)15-16-14-9/h6H,1-5H2,(H2,11,13,15). The second-order valence-corrected chi connectivity index (χ2v) is 4.24. The number of hydrogen-bond acceptors (Lipinski definition) is 6. The van der Waals surface area contributed by atoms with Gasteiger partial charge in [0.25, 0.3) is 0 Å². The molecule has 84 valence electrons. The Bertz CT molecular complexity index is 503. The smallest absolute Gasteiger partial charge is 0.245 e. The molecule has 0 aromatic carbocycles. The first-order valence-corrected chi connectivity index (χ1v) is 5.60. The summed E-state index contributed by atoms with van der Waals surface area (Å²) >= 11 is 0. The number of fused-ring (bicyclic) bond motifs is 1. The molecule has 2 heterocycles. The molecule has 1 fully saturated rings. The zero-order chi connectivity index (χ0) is 11.0. The van der Waals surface area contributed by atoms with Crippen LogP contribution in [0, 0.1) is 0 Å². The molecule has 0 aliphatic heterocycles. The molecule has 0 radical (unpaired) electrons. The Labute approximate surface area is 92.2 Å². The number of nitrogen functional groups attached to an aromatic ring is 1. The highest BCUT2D eigenvalue weighted by Gasteiger charge is 2.21. The molecule has 0 atom stereocenters. The molecule has 2 aromatic rings. The van der Waals surface area contributed by atoms with Crippen LogP contribution < -0.4 is 5.73 Å². The predicted octanol–water partition coefficient (Wildman–Crippen LogP) is 1.64. The Morgan fingerprint density at radius 3 is 2.44 bits per heavy atom. The molecule has 0 amide bonds. The number of hydrogen-bond donors (Lipinski definition) is 1. The summed E-state index contributed by atoms with van der Waals surface area (Å²) in [5.41, 5.74) is 7.60. The van der Waals surface area contributed by atoms with Gasteiger partial charge in [-0.25, -0.2) is 14.6 Å². The van der Waals surface area contributed by atoms with Crippen LogP contribution in [0.25, 0.3) is 11.3 Å². The van der Waals surface area contributed by atoms with Crippen molar-refractivity contribution in [1.82, 2.24) is 20.3 Å². The van der Waals surface area contributed by atoms with Crippen molar-refractivity contribution in [2.45, 2.75) is 38.0 Å². The Balaban J connectivity index is 2.03. The van der Waals surface area contributed by atoms with E-state index in [0.29, 0.717) is 23.0 Å². The second kappa shape index (κ2) is 3.70. The van der Waals surface area contributed by atoms with Crippen LogP contribution in [0.1, 0.15) is 43.7 Å². The van der Waals surface area contributed by atoms with Crippen molar-refractivity contribution < 1.29 is 4.63 Å². The van der Waals surface area contributed by atoms with Gasteiger partial charge in [-0.2, -0.15) is 0 Å². The monoisotopic (exact) mass is 219 g/mol. The SMILES string of the molecule is Nc1nc2nonc2nc1C1CCCCC1. The maximum Gasteiger partial charge on any atom is 0.245 e. The summed E-state index contributed by atoms with van der Waals surface area (Å²) in [6, 6.07) is 0. The molecule has 6 heteroatoms. The minimum absolute atomic E-state index is 0.386. The maximum atomic E-state index is 5.89. The van der Waals surface area contributed by atoms with Gasteiger partial charge in [-0.3, -0.25) is 0 Å². The third kappa shape index (κ3) is 1.50. The average molecular weight is 219 g/mol. The zero-order valence-corrected chi connectivity index (χ0v) is 8.89. The molecular weight excluding hydrogens is 206 g/mol. The molecule has 0 spiro atoms. The van der Waals surface area contributed by atoms with Gasteiger partial charge in [-0.15, -0.1) is 0 Å². The van der Waals surface area contributed by atoms with Crippen LogP contribution in [0.15, 0.2) is 4.63 Å². The molecule has 2 aromatic heterocycles. The minimum atomic E-state index is 0.386. The highest BCUT2D eigenvalue weighted by molar-refractivity contribution is 5.66. The number of aromatic nitrogens is 4. The fourth-order valence-electron chi connectivity index (χ4n) is 2.34. The molecule has 0 unspecified atom stereocenters. The van der Waals surface area contributed by atoms with E-state index in [1.165, 1.54) is 19.3 Å². The van der Waals surface area contributed by atoms with E-state index in [0.717, 1.165) is 18.5 Å². The summed E-state index contributed by atoms with van der Waals surface area (Å²) in [7, 11) is 0. The van der Waals surface area contributed by atoms with Crippen molar-refractivity contribution in [3.05, 3.63) is 5.69 Å². The van der Waals surface area contributed by atoms with Crippen molar-refractivity contribution in [1.29, 1.82) is 0 Å². The number of rotatable bonds is 1. The molecule has 1 saturated carbocycles. The van der Waals surface area contributed by atoms with Crippen molar-refractivity contribution in [3.63, 3.8) is 0 Å². The second-order valence-electron chi connectivity index (χ2n) is 4.24. The first-order valence-electron chi connectivity index (χ1n) is 5.60. The lowest BCUT2D eigenvalue weighted by molar-refractivity contribution is 0.314. The van der Waals surface area contributed by atoms with Gasteiger partial charge in [-0.1, -0.05) is 19.3 Å². The summed E-state index contributed by atoms with van der Waals surface area (Å²) in [6.45, 7) is 0. The van der Waals surface area contributed by atoms with Gasteiger partial charge < -0.3 is 5.73 Å². The summed E-state index contributed by atoms with van der Waals surface area (Å²) in [4.78, 5) is 8.56. The molecule has 0 saturated heterocycles. The Morgan fingerprint density at radius 1 is 1.00 bits per heavy atom. The normalized spacial score (nSPS) is 18.0. The number of anilines is 1. The van der Waals surface area contributed by atoms with E-state index < -0.39 is 0 Å². The van der Waals surface area contributed by atoms with Crippen LogP contribution in [0.4, 0.5) is 5.82 Å². The summed E-state index contributed by atoms with van der Waals surface area (Å²) in [6.07, 6.45) is 6.05. The van der Waals surface area contributed by atoms with Gasteiger partial charge in [0, 0.05) is 5.92 Å². The van der Waals surface area contributed by atoms with Crippen molar-refractivity contribution in [2.75, 3.05) is 5.73 Å². The Kier molecular flexibility index (Phi) is 2.19. The first kappa shape index (κ1) is 9.50. The van der Waals surface area contributed by atoms with Crippen molar-refractivity contribution in [3.8, 4) is 0 Å². The lowest BCUT2D eigenvalue weighted by Crippen LogP contribution is -2.11. The minimum Gasteiger partial charge on any atom is -0.382 e. The molecule has 0 bridgehead atoms. The molecule has 1 aliphatic carbocycles. The molecule has 1 aliphatic rings. The molecular formula is C10H13N5O. The lowest BCUT2D eigenvalue weighted by Gasteiger charge is -2.21. The lowest BCUT2D eigenvalue weighted by atomic mass is 9.87. The van der Waals surface area contributed by atoms with E-state index in [1.807, 2.05) is 0 Å². The summed E-state index contributed by atoms with van der Waals surface area (Å²) in [5.74, 6) is 0.887. The quantitative estimate of drug-likeness (QED) is 0.784. The number of nitrogens with two attached hydrogens (primary N) is 1. The van der Waals surface area contributed by atoms with E-state index in [2.05, 4.69) is 24.9 Å². The van der Waals surface area contributed by atoms with Gasteiger partial charge >= 0.3 is 0 Å².